The van der Waals surface area contributed by atoms with E-state index >= 15 is 0 Å². The van der Waals surface area contributed by atoms with Crippen LogP contribution >= 0.6 is 11.3 Å². The molecule has 1 aliphatic heterocycles. The van der Waals surface area contributed by atoms with Crippen molar-refractivity contribution in [3.05, 3.63) is 95.6 Å². The highest BCUT2D eigenvalue weighted by molar-refractivity contribution is 7.26. The number of rotatable bonds is 3. The van der Waals surface area contributed by atoms with Crippen LogP contribution in [-0.4, -0.2) is 4.57 Å². The van der Waals surface area contributed by atoms with Crippen LogP contribution in [0, 0.1) is 0 Å². The van der Waals surface area contributed by atoms with Gasteiger partial charge in [-0.3, -0.25) is 0 Å². The minimum Gasteiger partial charge on any atom is -0.218 e. The molecule has 3 heterocycles. The summed E-state index contributed by atoms with van der Waals surface area (Å²) in [5, 5.41) is 2.79. The highest BCUT2D eigenvalue weighted by Gasteiger charge is 2.37. The molecule has 0 saturated carbocycles. The third-order valence-electron chi connectivity index (χ3n) is 7.60. The van der Waals surface area contributed by atoms with Gasteiger partial charge in [0.25, 0.3) is 5.82 Å². The van der Waals surface area contributed by atoms with Crippen molar-refractivity contribution in [2.24, 2.45) is 0 Å². The van der Waals surface area contributed by atoms with Crippen LogP contribution in [0.3, 0.4) is 0 Å². The van der Waals surface area contributed by atoms with Crippen LogP contribution in [0.1, 0.15) is 56.2 Å². The zero-order chi connectivity index (χ0) is 23.8. The first kappa shape index (κ1) is 20.9. The van der Waals surface area contributed by atoms with Gasteiger partial charge in [0.2, 0.25) is 0 Å². The average molecular weight is 474 g/mol. The van der Waals surface area contributed by atoms with Crippen molar-refractivity contribution >= 4 is 42.5 Å². The number of imidazole rings is 1. The maximum atomic E-state index is 2.59. The van der Waals surface area contributed by atoms with Crippen molar-refractivity contribution < 1.29 is 4.57 Å². The predicted molar refractivity (Wildman–Crippen MR) is 149 cm³/mol. The standard InChI is InChI=1S/C32H29N2S/c1-19(2)24-17-25-23-13-7-10-16-28(23)35-31(25)29(20(3)4)30(24)34-27-15-9-8-14-26(27)33-18-21-11-5-6-12-22(21)32(33)34/h5-17,19-20H,18H2,1-4H3/q+1. The molecule has 2 aromatic heterocycles. The molecule has 0 radical (unpaired) electrons. The summed E-state index contributed by atoms with van der Waals surface area (Å²) >= 11 is 1.95. The quantitative estimate of drug-likeness (QED) is 0.227. The van der Waals surface area contributed by atoms with E-state index in [0.29, 0.717) is 11.8 Å². The zero-order valence-corrected chi connectivity index (χ0v) is 21.5. The molecular weight excluding hydrogens is 444 g/mol. The molecular formula is C32H29N2S+. The molecule has 0 atom stereocenters. The Morgan fingerprint density at radius 3 is 2.37 bits per heavy atom. The van der Waals surface area contributed by atoms with Gasteiger partial charge in [-0.05, 0) is 42.2 Å². The van der Waals surface area contributed by atoms with Crippen molar-refractivity contribution in [3.63, 3.8) is 0 Å². The van der Waals surface area contributed by atoms with E-state index < -0.39 is 0 Å². The van der Waals surface area contributed by atoms with Gasteiger partial charge in [0.15, 0.2) is 11.0 Å². The molecule has 4 aromatic carbocycles. The van der Waals surface area contributed by atoms with E-state index in [4.69, 9.17) is 0 Å². The lowest BCUT2D eigenvalue weighted by Crippen LogP contribution is -2.31. The third kappa shape index (κ3) is 2.85. The summed E-state index contributed by atoms with van der Waals surface area (Å²) in [6.07, 6.45) is 0. The predicted octanol–water partition coefficient (Wildman–Crippen LogP) is 8.56. The fraction of sp³-hybridized carbons (Fsp3) is 0.219. The van der Waals surface area contributed by atoms with Gasteiger partial charge in [-0.2, -0.15) is 4.57 Å². The van der Waals surface area contributed by atoms with Crippen LogP contribution in [0.15, 0.2) is 78.9 Å². The molecule has 2 nitrogen and oxygen atoms in total. The van der Waals surface area contributed by atoms with Crippen LogP contribution in [0.4, 0.5) is 0 Å². The molecule has 7 rings (SSSR count). The van der Waals surface area contributed by atoms with E-state index in [2.05, 4.69) is 116 Å². The number of aromatic nitrogens is 2. The number of benzene rings is 4. The second-order valence-electron chi connectivity index (χ2n) is 10.4. The number of para-hydroxylation sites is 2. The largest absolute Gasteiger partial charge is 0.295 e. The first-order chi connectivity index (χ1) is 17.0. The fourth-order valence-electron chi connectivity index (χ4n) is 6.05. The Kier molecular flexibility index (Phi) is 4.50. The Balaban J connectivity index is 1.71. The van der Waals surface area contributed by atoms with Crippen molar-refractivity contribution in [1.82, 2.24) is 4.57 Å². The van der Waals surface area contributed by atoms with E-state index in [-0.39, 0.29) is 0 Å². The van der Waals surface area contributed by atoms with Crippen molar-refractivity contribution in [2.45, 2.75) is 46.1 Å². The molecule has 0 amide bonds. The van der Waals surface area contributed by atoms with Crippen LogP contribution in [-0.2, 0) is 6.54 Å². The highest BCUT2D eigenvalue weighted by Crippen LogP contribution is 2.46. The Morgan fingerprint density at radius 2 is 1.54 bits per heavy atom. The van der Waals surface area contributed by atoms with E-state index in [9.17, 15) is 0 Å². The molecule has 0 bridgehead atoms. The second-order valence-corrected chi connectivity index (χ2v) is 11.5. The fourth-order valence-corrected chi connectivity index (χ4v) is 7.43. The third-order valence-corrected chi connectivity index (χ3v) is 8.82. The molecule has 6 aromatic rings. The first-order valence-electron chi connectivity index (χ1n) is 12.6. The van der Waals surface area contributed by atoms with Gasteiger partial charge in [0.1, 0.15) is 12.2 Å². The second kappa shape index (κ2) is 7.53. The van der Waals surface area contributed by atoms with E-state index in [1.165, 1.54) is 65.0 Å². The van der Waals surface area contributed by atoms with E-state index in [1.807, 2.05) is 11.3 Å². The van der Waals surface area contributed by atoms with Crippen LogP contribution < -0.4 is 4.57 Å². The van der Waals surface area contributed by atoms with Gasteiger partial charge in [-0.25, -0.2) is 4.57 Å². The SMILES string of the molecule is CC(C)c1cc2c(sc3ccccc32)c(C(C)C)c1-n1c2[n+](c3ccccc31)Cc1ccccc1-2. The van der Waals surface area contributed by atoms with Gasteiger partial charge in [0, 0.05) is 36.9 Å². The minimum atomic E-state index is 0.401. The molecule has 172 valence electrons. The molecule has 0 unspecified atom stereocenters. The van der Waals surface area contributed by atoms with Gasteiger partial charge in [-0.15, -0.1) is 11.3 Å². The maximum Gasteiger partial charge on any atom is 0.295 e. The summed E-state index contributed by atoms with van der Waals surface area (Å²) in [5.74, 6) is 2.12. The number of thiophene rings is 1. The van der Waals surface area contributed by atoms with Gasteiger partial charge in [0.05, 0.1) is 5.56 Å². The molecule has 0 saturated heterocycles. The molecule has 0 fully saturated rings. The molecule has 0 N–H and O–H groups in total. The van der Waals surface area contributed by atoms with Crippen LogP contribution in [0.5, 0.6) is 0 Å². The number of hydrogen-bond donors (Lipinski definition) is 0. The monoisotopic (exact) mass is 473 g/mol. The zero-order valence-electron chi connectivity index (χ0n) is 20.7. The van der Waals surface area contributed by atoms with Crippen molar-refractivity contribution in [2.75, 3.05) is 0 Å². The smallest absolute Gasteiger partial charge is 0.218 e. The van der Waals surface area contributed by atoms with Crippen molar-refractivity contribution in [3.8, 4) is 17.1 Å². The molecule has 0 spiro atoms. The van der Waals surface area contributed by atoms with E-state index in [0.717, 1.165) is 6.54 Å². The maximum absolute atomic E-state index is 2.59. The normalized spacial score (nSPS) is 13.0. The molecule has 3 heteroatoms. The average Bonchev–Trinajstić information content (AvgIpc) is 3.51. The topological polar surface area (TPSA) is 8.81 Å². The Labute approximate surface area is 210 Å². The van der Waals surface area contributed by atoms with Crippen molar-refractivity contribution in [1.29, 1.82) is 0 Å². The van der Waals surface area contributed by atoms with Crippen LogP contribution in [0.2, 0.25) is 0 Å². The summed E-state index contributed by atoms with van der Waals surface area (Å²) in [6.45, 7) is 10.3. The van der Waals surface area contributed by atoms with Crippen LogP contribution in [0.25, 0.3) is 48.3 Å². The Morgan fingerprint density at radius 1 is 0.800 bits per heavy atom. The summed E-state index contributed by atoms with van der Waals surface area (Å²) in [6, 6.07) is 29.2. The molecule has 0 aliphatic carbocycles. The Bertz CT molecular complexity index is 1780. The lowest BCUT2D eigenvalue weighted by molar-refractivity contribution is -0.645. The highest BCUT2D eigenvalue weighted by atomic mass is 32.1. The number of hydrogen-bond acceptors (Lipinski definition) is 1. The minimum absolute atomic E-state index is 0.401. The summed E-state index contributed by atoms with van der Waals surface area (Å²) in [4.78, 5) is 0. The number of fused-ring (bicyclic) bond motifs is 8. The molecule has 35 heavy (non-hydrogen) atoms. The molecule has 1 aliphatic rings. The van der Waals surface area contributed by atoms with Gasteiger partial charge < -0.3 is 0 Å². The number of nitrogens with zero attached hydrogens (tertiary/aromatic N) is 2. The van der Waals surface area contributed by atoms with E-state index in [1.54, 1.807) is 0 Å². The Hall–Kier alpha value is -3.43. The first-order valence-corrected chi connectivity index (χ1v) is 13.5. The van der Waals surface area contributed by atoms with Gasteiger partial charge in [-0.1, -0.05) is 76.2 Å². The summed E-state index contributed by atoms with van der Waals surface area (Å²) in [5.41, 5.74) is 9.64. The summed E-state index contributed by atoms with van der Waals surface area (Å²) in [7, 11) is 0. The lowest BCUT2D eigenvalue weighted by atomic mass is 9.90. The summed E-state index contributed by atoms with van der Waals surface area (Å²) < 4.78 is 7.92. The lowest BCUT2D eigenvalue weighted by Gasteiger charge is -2.19. The van der Waals surface area contributed by atoms with Gasteiger partial charge >= 0.3 is 0 Å².